The zero-order valence-corrected chi connectivity index (χ0v) is 16.1. The lowest BCUT2D eigenvalue weighted by atomic mass is 10.3. The molecule has 0 aliphatic rings. The number of aliphatic imine (C=N–C) groups is 1. The highest BCUT2D eigenvalue weighted by atomic mass is 127. The molecular weight excluding hydrogens is 517 g/mol. The molecule has 0 fully saturated rings. The molecule has 1 aromatic heterocycles. The van der Waals surface area contributed by atoms with Crippen molar-refractivity contribution in [3.8, 4) is 0 Å². The minimum absolute atomic E-state index is 0. The van der Waals surface area contributed by atoms with Gasteiger partial charge in [-0.3, -0.25) is 4.99 Å². The fourth-order valence-corrected chi connectivity index (χ4v) is 3.09. The van der Waals surface area contributed by atoms with E-state index in [2.05, 4.69) is 38.2 Å². The average Bonchev–Trinajstić information content (AvgIpc) is 2.71. The molecule has 0 atom stereocenters. The molecule has 0 saturated heterocycles. The number of alkyl halides is 3. The molecule has 0 spiro atoms. The van der Waals surface area contributed by atoms with Gasteiger partial charge in [-0.05, 0) is 41.1 Å². The predicted octanol–water partition coefficient (Wildman–Crippen LogP) is 3.63. The van der Waals surface area contributed by atoms with E-state index in [1.807, 2.05) is 12.1 Å². The molecule has 0 saturated carbocycles. The summed E-state index contributed by atoms with van der Waals surface area (Å²) >= 11 is 3.96. The lowest BCUT2D eigenvalue weighted by Crippen LogP contribution is -2.39. The summed E-state index contributed by atoms with van der Waals surface area (Å²) in [4.78, 5) is 5.11. The van der Waals surface area contributed by atoms with E-state index in [1.165, 1.54) is 14.8 Å². The molecular formula is C11H16F3I2N3S. The minimum atomic E-state index is -4.14. The highest BCUT2D eigenvalue weighted by molar-refractivity contribution is 14.1. The number of rotatable bonds is 5. The number of hydrogen-bond acceptors (Lipinski definition) is 2. The van der Waals surface area contributed by atoms with Gasteiger partial charge in [-0.2, -0.15) is 13.2 Å². The van der Waals surface area contributed by atoms with Crippen LogP contribution >= 0.6 is 57.9 Å². The van der Waals surface area contributed by atoms with Crippen molar-refractivity contribution in [1.82, 2.24) is 10.6 Å². The summed E-state index contributed by atoms with van der Waals surface area (Å²) < 4.78 is 37.2. The van der Waals surface area contributed by atoms with Gasteiger partial charge in [-0.15, -0.1) is 35.3 Å². The first kappa shape index (κ1) is 20.2. The quantitative estimate of drug-likeness (QED) is 0.345. The van der Waals surface area contributed by atoms with E-state index in [4.69, 9.17) is 0 Å². The zero-order chi connectivity index (χ0) is 14.3. The number of thiophene rings is 1. The largest absolute Gasteiger partial charge is 0.390 e. The lowest BCUT2D eigenvalue weighted by Gasteiger charge is -2.12. The molecule has 20 heavy (non-hydrogen) atoms. The van der Waals surface area contributed by atoms with Crippen LogP contribution in [0.5, 0.6) is 0 Å². The summed E-state index contributed by atoms with van der Waals surface area (Å²) in [7, 11) is 1.54. The van der Waals surface area contributed by atoms with Crippen molar-refractivity contribution in [2.75, 3.05) is 20.1 Å². The molecule has 2 N–H and O–H groups in total. The summed E-state index contributed by atoms with van der Waals surface area (Å²) in [5, 5.41) is 5.63. The van der Waals surface area contributed by atoms with E-state index in [0.29, 0.717) is 12.5 Å². The van der Waals surface area contributed by atoms with Crippen LogP contribution in [0.15, 0.2) is 17.1 Å². The standard InChI is InChI=1S/C11H15F3IN3S.HI/c1-16-10(18-7-5-11(12,13)14)17-6-4-8-2-3-9(15)19-8;/h2-3H,4-7H2,1H3,(H2,16,17,18);1H. The summed E-state index contributed by atoms with van der Waals surface area (Å²) in [6.07, 6.45) is -4.18. The Labute approximate surface area is 151 Å². The molecule has 0 amide bonds. The van der Waals surface area contributed by atoms with Crippen molar-refractivity contribution in [2.45, 2.75) is 19.0 Å². The number of halogens is 5. The molecule has 0 aliphatic heterocycles. The van der Waals surface area contributed by atoms with Gasteiger partial charge in [0.05, 0.1) is 9.30 Å². The monoisotopic (exact) mass is 533 g/mol. The van der Waals surface area contributed by atoms with Crippen molar-refractivity contribution in [1.29, 1.82) is 0 Å². The number of nitrogens with one attached hydrogen (secondary N) is 2. The van der Waals surface area contributed by atoms with E-state index >= 15 is 0 Å². The minimum Gasteiger partial charge on any atom is -0.356 e. The van der Waals surface area contributed by atoms with Gasteiger partial charge < -0.3 is 10.6 Å². The second-order valence-electron chi connectivity index (χ2n) is 3.75. The lowest BCUT2D eigenvalue weighted by molar-refractivity contribution is -0.132. The Morgan fingerprint density at radius 1 is 1.30 bits per heavy atom. The Kier molecular flexibility index (Phi) is 10.1. The van der Waals surface area contributed by atoms with Crippen molar-refractivity contribution in [3.05, 3.63) is 19.9 Å². The maximum Gasteiger partial charge on any atom is 0.390 e. The number of nitrogens with zero attached hydrogens (tertiary/aromatic N) is 1. The maximum atomic E-state index is 12.0. The van der Waals surface area contributed by atoms with Crippen LogP contribution in [0.25, 0.3) is 0 Å². The molecule has 1 rings (SSSR count). The molecule has 3 nitrogen and oxygen atoms in total. The first-order valence-corrected chi connectivity index (χ1v) is 7.56. The van der Waals surface area contributed by atoms with E-state index in [-0.39, 0.29) is 30.5 Å². The van der Waals surface area contributed by atoms with Crippen LogP contribution in [0.2, 0.25) is 0 Å². The third kappa shape index (κ3) is 9.21. The Balaban J connectivity index is 0.00000361. The van der Waals surface area contributed by atoms with Crippen molar-refractivity contribution < 1.29 is 13.2 Å². The van der Waals surface area contributed by atoms with Gasteiger partial charge in [0.25, 0.3) is 0 Å². The Morgan fingerprint density at radius 3 is 2.45 bits per heavy atom. The van der Waals surface area contributed by atoms with Gasteiger partial charge in [0, 0.05) is 25.0 Å². The van der Waals surface area contributed by atoms with Gasteiger partial charge >= 0.3 is 6.18 Å². The van der Waals surface area contributed by atoms with Crippen LogP contribution in [-0.2, 0) is 6.42 Å². The van der Waals surface area contributed by atoms with Gasteiger partial charge in [0.15, 0.2) is 5.96 Å². The normalized spacial score (nSPS) is 11.9. The first-order chi connectivity index (χ1) is 8.90. The van der Waals surface area contributed by atoms with Crippen molar-refractivity contribution >= 4 is 63.9 Å². The van der Waals surface area contributed by atoms with Crippen LogP contribution in [0, 0.1) is 2.88 Å². The predicted molar refractivity (Wildman–Crippen MR) is 96.2 cm³/mol. The molecule has 116 valence electrons. The van der Waals surface area contributed by atoms with Crippen LogP contribution < -0.4 is 10.6 Å². The van der Waals surface area contributed by atoms with Gasteiger partial charge in [-0.25, -0.2) is 0 Å². The van der Waals surface area contributed by atoms with Gasteiger partial charge in [-0.1, -0.05) is 0 Å². The Morgan fingerprint density at radius 2 is 1.95 bits per heavy atom. The molecule has 1 aromatic rings. The van der Waals surface area contributed by atoms with Crippen LogP contribution in [0.1, 0.15) is 11.3 Å². The summed E-state index contributed by atoms with van der Waals surface area (Å²) in [5.41, 5.74) is 0. The van der Waals surface area contributed by atoms with Crippen molar-refractivity contribution in [2.24, 2.45) is 4.99 Å². The summed E-state index contributed by atoms with van der Waals surface area (Å²) in [6.45, 7) is 0.475. The van der Waals surface area contributed by atoms with E-state index < -0.39 is 12.6 Å². The van der Waals surface area contributed by atoms with Crippen LogP contribution in [-0.4, -0.2) is 32.3 Å². The maximum absolute atomic E-state index is 12.0. The number of guanidine groups is 1. The third-order valence-corrected chi connectivity index (χ3v) is 4.17. The molecule has 9 heteroatoms. The summed E-state index contributed by atoms with van der Waals surface area (Å²) in [5.74, 6) is 0.399. The van der Waals surface area contributed by atoms with Crippen LogP contribution in [0.3, 0.4) is 0 Å². The van der Waals surface area contributed by atoms with Crippen molar-refractivity contribution in [3.63, 3.8) is 0 Å². The molecule has 1 heterocycles. The summed E-state index contributed by atoms with van der Waals surface area (Å²) in [6, 6.07) is 4.09. The highest BCUT2D eigenvalue weighted by Crippen LogP contribution is 2.18. The highest BCUT2D eigenvalue weighted by Gasteiger charge is 2.26. The smallest absolute Gasteiger partial charge is 0.356 e. The van der Waals surface area contributed by atoms with E-state index in [1.54, 1.807) is 11.3 Å². The third-order valence-electron chi connectivity index (χ3n) is 2.22. The average molecular weight is 533 g/mol. The first-order valence-electron chi connectivity index (χ1n) is 5.66. The molecule has 0 unspecified atom stereocenters. The number of hydrogen-bond donors (Lipinski definition) is 2. The SMILES string of the molecule is CN=C(NCCc1ccc(I)s1)NCCC(F)(F)F.I. The van der Waals surface area contributed by atoms with E-state index in [0.717, 1.165) is 6.42 Å². The van der Waals surface area contributed by atoms with Gasteiger partial charge in [0.2, 0.25) is 0 Å². The zero-order valence-electron chi connectivity index (χ0n) is 10.8. The Hall–Kier alpha value is 0.220. The fraction of sp³-hybridized carbons (Fsp3) is 0.545. The second kappa shape index (κ2) is 10.0. The fourth-order valence-electron chi connectivity index (χ4n) is 1.33. The van der Waals surface area contributed by atoms with Gasteiger partial charge in [0.1, 0.15) is 0 Å². The van der Waals surface area contributed by atoms with Crippen LogP contribution in [0.4, 0.5) is 13.2 Å². The molecule has 0 bridgehead atoms. The molecule has 0 aromatic carbocycles. The van der Waals surface area contributed by atoms with E-state index in [9.17, 15) is 13.2 Å². The molecule has 0 radical (unpaired) electrons. The topological polar surface area (TPSA) is 36.4 Å². The Bertz CT molecular complexity index is 421. The molecule has 0 aliphatic carbocycles. The second-order valence-corrected chi connectivity index (χ2v) is 6.81.